The van der Waals surface area contributed by atoms with Gasteiger partial charge in [-0.1, -0.05) is 20.3 Å². The fourth-order valence-electron chi connectivity index (χ4n) is 2.56. The molecule has 1 aromatic heterocycles. The molecule has 1 aliphatic heterocycles. The zero-order valence-electron chi connectivity index (χ0n) is 12.2. The van der Waals surface area contributed by atoms with Gasteiger partial charge in [-0.2, -0.15) is 0 Å². The number of aryl methyl sites for hydroxylation is 1. The first kappa shape index (κ1) is 14.7. The number of carbonyl (C=O) groups is 1. The molecule has 2 heterocycles. The highest BCUT2D eigenvalue weighted by Gasteiger charge is 2.19. The van der Waals surface area contributed by atoms with E-state index in [1.807, 2.05) is 0 Å². The molecule has 0 aliphatic carbocycles. The molecule has 1 aliphatic rings. The lowest BCUT2D eigenvalue weighted by atomic mass is 9.99. The number of hydrogen-bond acceptors (Lipinski definition) is 4. The van der Waals surface area contributed by atoms with Gasteiger partial charge in [-0.25, -0.2) is 4.98 Å². The third-order valence-corrected chi connectivity index (χ3v) is 4.97. The number of rotatable bonds is 5. The molecule has 1 fully saturated rings. The average molecular weight is 280 g/mol. The van der Waals surface area contributed by atoms with E-state index < -0.39 is 0 Å². The maximum atomic E-state index is 11.6. The summed E-state index contributed by atoms with van der Waals surface area (Å²) in [6, 6.07) is 0. The van der Waals surface area contributed by atoms with Crippen LogP contribution in [0.4, 0.5) is 0 Å². The van der Waals surface area contributed by atoms with Gasteiger partial charge in [-0.3, -0.25) is 9.69 Å². The molecule has 19 heavy (non-hydrogen) atoms. The third kappa shape index (κ3) is 3.86. The van der Waals surface area contributed by atoms with E-state index in [-0.39, 0.29) is 5.78 Å². The first-order chi connectivity index (χ1) is 9.10. The number of likely N-dealkylation sites (tertiary alicyclic amines) is 1. The summed E-state index contributed by atoms with van der Waals surface area (Å²) in [6.45, 7) is 9.36. The van der Waals surface area contributed by atoms with Crippen LogP contribution in [0.15, 0.2) is 0 Å². The van der Waals surface area contributed by atoms with Crippen LogP contribution in [0.25, 0.3) is 0 Å². The molecule has 0 spiro atoms. The minimum atomic E-state index is 0.166. The largest absolute Gasteiger partial charge is 0.297 e. The predicted molar refractivity (Wildman–Crippen MR) is 79.8 cm³/mol. The van der Waals surface area contributed by atoms with Crippen LogP contribution in [0.5, 0.6) is 0 Å². The smallest absolute Gasteiger partial charge is 0.171 e. The number of Topliss-reactive ketones (excluding diaryl/α,β-unsaturated/α-hetero) is 1. The van der Waals surface area contributed by atoms with Crippen LogP contribution in [-0.2, 0) is 13.0 Å². The van der Waals surface area contributed by atoms with Gasteiger partial charge in [0.1, 0.15) is 5.01 Å². The van der Waals surface area contributed by atoms with Gasteiger partial charge >= 0.3 is 0 Å². The summed E-state index contributed by atoms with van der Waals surface area (Å²) in [6.07, 6.45) is 4.53. The van der Waals surface area contributed by atoms with Crippen molar-refractivity contribution in [2.24, 2.45) is 5.92 Å². The van der Waals surface area contributed by atoms with Gasteiger partial charge in [0.05, 0.1) is 17.1 Å². The fourth-order valence-corrected chi connectivity index (χ4v) is 3.61. The van der Waals surface area contributed by atoms with Crippen molar-refractivity contribution >= 4 is 17.1 Å². The molecule has 1 saturated heterocycles. The summed E-state index contributed by atoms with van der Waals surface area (Å²) in [7, 11) is 0. The van der Waals surface area contributed by atoms with Crippen LogP contribution in [0.1, 0.15) is 60.4 Å². The normalized spacial score (nSPS) is 17.8. The van der Waals surface area contributed by atoms with E-state index in [0.29, 0.717) is 0 Å². The van der Waals surface area contributed by atoms with Crippen LogP contribution in [0.2, 0.25) is 0 Å². The number of nitrogens with zero attached hydrogens (tertiary/aromatic N) is 2. The van der Waals surface area contributed by atoms with E-state index >= 15 is 0 Å². The van der Waals surface area contributed by atoms with Gasteiger partial charge < -0.3 is 0 Å². The number of ketones is 1. The third-order valence-electron chi connectivity index (χ3n) is 3.78. The number of piperidine rings is 1. The molecule has 0 aromatic carbocycles. The van der Waals surface area contributed by atoms with E-state index in [2.05, 4.69) is 18.7 Å². The number of carbonyl (C=O) groups excluding carboxylic acids is 1. The Morgan fingerprint density at radius 3 is 2.68 bits per heavy atom. The van der Waals surface area contributed by atoms with Gasteiger partial charge in [-0.05, 0) is 38.3 Å². The second-order valence-electron chi connectivity index (χ2n) is 5.65. The molecule has 4 heteroatoms. The van der Waals surface area contributed by atoms with Crippen molar-refractivity contribution in [3.05, 3.63) is 15.6 Å². The summed E-state index contributed by atoms with van der Waals surface area (Å²) < 4.78 is 0. The van der Waals surface area contributed by atoms with Gasteiger partial charge in [0, 0.05) is 6.92 Å². The lowest BCUT2D eigenvalue weighted by Crippen LogP contribution is -2.32. The highest BCUT2D eigenvalue weighted by atomic mass is 32.1. The number of thiazole rings is 1. The summed E-state index contributed by atoms with van der Waals surface area (Å²) in [5.74, 6) is 1.02. The minimum Gasteiger partial charge on any atom is -0.297 e. The predicted octanol–water partition coefficient (Wildman–Crippen LogP) is 3.53. The minimum absolute atomic E-state index is 0.166. The summed E-state index contributed by atoms with van der Waals surface area (Å²) in [5.41, 5.74) is 1.01. The monoisotopic (exact) mass is 280 g/mol. The Bertz CT molecular complexity index is 433. The maximum absolute atomic E-state index is 11.6. The molecule has 0 amide bonds. The summed E-state index contributed by atoms with van der Waals surface area (Å²) in [4.78, 5) is 19.7. The SMILES string of the molecule is CCCc1nc(CN2CCC(C)CC2)sc1C(C)=O. The lowest BCUT2D eigenvalue weighted by Gasteiger charge is -2.29. The second-order valence-corrected chi connectivity index (χ2v) is 6.73. The topological polar surface area (TPSA) is 33.2 Å². The summed E-state index contributed by atoms with van der Waals surface area (Å²) in [5, 5.41) is 1.11. The Morgan fingerprint density at radius 2 is 2.11 bits per heavy atom. The Labute approximate surface area is 120 Å². The van der Waals surface area contributed by atoms with E-state index in [1.165, 1.54) is 25.9 Å². The van der Waals surface area contributed by atoms with Crippen molar-refractivity contribution in [1.82, 2.24) is 9.88 Å². The first-order valence-electron chi connectivity index (χ1n) is 7.32. The standard InChI is InChI=1S/C15H24N2OS/c1-4-5-13-15(12(3)18)19-14(16-13)10-17-8-6-11(2)7-9-17/h11H,4-10H2,1-3H3. The highest BCUT2D eigenvalue weighted by molar-refractivity contribution is 7.13. The van der Waals surface area contributed by atoms with Crippen molar-refractivity contribution < 1.29 is 4.79 Å². The molecule has 0 saturated carbocycles. The fraction of sp³-hybridized carbons (Fsp3) is 0.733. The van der Waals surface area contributed by atoms with Crippen molar-refractivity contribution in [2.45, 2.75) is 53.0 Å². The van der Waals surface area contributed by atoms with Gasteiger partial charge in [-0.15, -0.1) is 11.3 Å². The van der Waals surface area contributed by atoms with Crippen molar-refractivity contribution in [3.8, 4) is 0 Å². The van der Waals surface area contributed by atoms with Gasteiger partial charge in [0.15, 0.2) is 5.78 Å². The molecule has 0 atom stereocenters. The quantitative estimate of drug-likeness (QED) is 0.774. The average Bonchev–Trinajstić information content (AvgIpc) is 2.76. The lowest BCUT2D eigenvalue weighted by molar-refractivity contribution is 0.102. The van der Waals surface area contributed by atoms with Crippen LogP contribution in [0.3, 0.4) is 0 Å². The van der Waals surface area contributed by atoms with E-state index in [4.69, 9.17) is 4.98 Å². The first-order valence-corrected chi connectivity index (χ1v) is 8.13. The number of hydrogen-bond donors (Lipinski definition) is 0. The van der Waals surface area contributed by atoms with Crippen molar-refractivity contribution in [3.63, 3.8) is 0 Å². The highest BCUT2D eigenvalue weighted by Crippen LogP contribution is 2.24. The number of aromatic nitrogens is 1. The van der Waals surface area contributed by atoms with Crippen LogP contribution < -0.4 is 0 Å². The molecule has 1 aromatic rings. The molecule has 2 rings (SSSR count). The zero-order valence-corrected chi connectivity index (χ0v) is 13.1. The van der Waals surface area contributed by atoms with E-state index in [1.54, 1.807) is 18.3 Å². The Balaban J connectivity index is 2.04. The molecule has 0 bridgehead atoms. The van der Waals surface area contributed by atoms with Crippen LogP contribution in [0, 0.1) is 5.92 Å². The van der Waals surface area contributed by atoms with E-state index in [0.717, 1.165) is 40.9 Å². The van der Waals surface area contributed by atoms with Crippen molar-refractivity contribution in [1.29, 1.82) is 0 Å². The summed E-state index contributed by atoms with van der Waals surface area (Å²) >= 11 is 1.60. The molecular formula is C15H24N2OS. The van der Waals surface area contributed by atoms with Crippen LogP contribution >= 0.6 is 11.3 Å². The molecule has 0 radical (unpaired) electrons. The Hall–Kier alpha value is -0.740. The molecule has 0 N–H and O–H groups in total. The Morgan fingerprint density at radius 1 is 1.42 bits per heavy atom. The molecular weight excluding hydrogens is 256 g/mol. The second kappa shape index (κ2) is 6.62. The maximum Gasteiger partial charge on any atom is 0.171 e. The van der Waals surface area contributed by atoms with E-state index in [9.17, 15) is 4.79 Å². The molecule has 106 valence electrons. The zero-order chi connectivity index (χ0) is 13.8. The molecule has 0 unspecified atom stereocenters. The Kier molecular flexibility index (Phi) is 5.11. The van der Waals surface area contributed by atoms with Gasteiger partial charge in [0.25, 0.3) is 0 Å². The molecule has 3 nitrogen and oxygen atoms in total. The van der Waals surface area contributed by atoms with Gasteiger partial charge in [0.2, 0.25) is 0 Å². The van der Waals surface area contributed by atoms with Crippen molar-refractivity contribution in [2.75, 3.05) is 13.1 Å². The van der Waals surface area contributed by atoms with Crippen LogP contribution in [-0.4, -0.2) is 28.8 Å².